The minimum atomic E-state index is -0.133. The molecule has 1 saturated carbocycles. The Labute approximate surface area is 127 Å². The zero-order chi connectivity index (χ0) is 15.0. The third-order valence-electron chi connectivity index (χ3n) is 6.02. The molecule has 2 aliphatic carbocycles. The van der Waals surface area contributed by atoms with Crippen molar-refractivity contribution in [2.75, 3.05) is 0 Å². The normalized spacial score (nSPS) is 34.9. The second-order valence-electron chi connectivity index (χ2n) is 7.25. The van der Waals surface area contributed by atoms with E-state index < -0.39 is 0 Å². The van der Waals surface area contributed by atoms with Crippen molar-refractivity contribution in [3.63, 3.8) is 0 Å². The lowest BCUT2D eigenvalue weighted by molar-refractivity contribution is -0.123. The Morgan fingerprint density at radius 1 is 1.38 bits per heavy atom. The molecule has 2 nitrogen and oxygen atoms in total. The number of aryl methyl sites for hydroxylation is 1. The Kier molecular flexibility index (Phi) is 3.81. The van der Waals surface area contributed by atoms with Gasteiger partial charge in [0.1, 0.15) is 12.0 Å². The van der Waals surface area contributed by atoms with Crippen molar-refractivity contribution >= 4 is 6.29 Å². The molecule has 0 heterocycles. The van der Waals surface area contributed by atoms with E-state index in [1.54, 1.807) is 0 Å². The molecule has 4 unspecified atom stereocenters. The van der Waals surface area contributed by atoms with Gasteiger partial charge in [0, 0.05) is 5.41 Å². The summed E-state index contributed by atoms with van der Waals surface area (Å²) in [6.45, 7) is 4.40. The number of hydrogen-bond acceptors (Lipinski definition) is 2. The van der Waals surface area contributed by atoms with Crippen molar-refractivity contribution in [1.82, 2.24) is 0 Å². The molecule has 0 radical (unpaired) electrons. The maximum atomic E-state index is 11.7. The highest BCUT2D eigenvalue weighted by Crippen LogP contribution is 2.55. The monoisotopic (exact) mass is 286 g/mol. The molecule has 0 saturated heterocycles. The fraction of sp³-hybridized carbons (Fsp3) is 0.632. The molecule has 21 heavy (non-hydrogen) atoms. The van der Waals surface area contributed by atoms with E-state index in [1.165, 1.54) is 17.4 Å². The van der Waals surface area contributed by atoms with Gasteiger partial charge in [-0.25, -0.2) is 0 Å². The van der Waals surface area contributed by atoms with Crippen LogP contribution in [0, 0.1) is 17.3 Å². The van der Waals surface area contributed by atoms with E-state index in [9.17, 15) is 9.90 Å². The lowest BCUT2D eigenvalue weighted by Gasteiger charge is -2.50. The van der Waals surface area contributed by atoms with E-state index >= 15 is 0 Å². The molecule has 1 fully saturated rings. The van der Waals surface area contributed by atoms with E-state index in [4.69, 9.17) is 0 Å². The van der Waals surface area contributed by atoms with E-state index in [-0.39, 0.29) is 5.41 Å². The van der Waals surface area contributed by atoms with Crippen LogP contribution in [0.5, 0.6) is 5.75 Å². The molecule has 1 aromatic rings. The largest absolute Gasteiger partial charge is 0.508 e. The SMILES string of the molecule is CCCC1C2CCc3cc(O)ccc3C2CCC1(C)C=O. The number of phenolic OH excluding ortho intramolecular Hbond substituents is 1. The van der Waals surface area contributed by atoms with Crippen molar-refractivity contribution in [3.8, 4) is 5.75 Å². The van der Waals surface area contributed by atoms with Crippen LogP contribution in [-0.4, -0.2) is 11.4 Å². The fourth-order valence-corrected chi connectivity index (χ4v) is 4.92. The summed E-state index contributed by atoms with van der Waals surface area (Å²) >= 11 is 0. The number of benzene rings is 1. The topological polar surface area (TPSA) is 37.3 Å². The van der Waals surface area contributed by atoms with Crippen LogP contribution in [0.2, 0.25) is 0 Å². The molecule has 0 aromatic heterocycles. The van der Waals surface area contributed by atoms with E-state index in [1.807, 2.05) is 12.1 Å². The summed E-state index contributed by atoms with van der Waals surface area (Å²) in [5, 5.41) is 9.70. The molecule has 1 aromatic carbocycles. The predicted octanol–water partition coefficient (Wildman–Crippen LogP) is 4.45. The Morgan fingerprint density at radius 3 is 2.90 bits per heavy atom. The second kappa shape index (κ2) is 5.47. The van der Waals surface area contributed by atoms with Crippen molar-refractivity contribution in [3.05, 3.63) is 29.3 Å². The van der Waals surface area contributed by atoms with Gasteiger partial charge in [0.05, 0.1) is 0 Å². The molecule has 2 aliphatic rings. The molecule has 3 rings (SSSR count). The standard InChI is InChI=1S/C19H26O2/c1-3-4-18-17-7-5-13-11-14(21)6-8-15(13)16(17)9-10-19(18,2)12-20/h6,8,11-12,16-18,21H,3-5,7,9-10H2,1-2H3. The summed E-state index contributed by atoms with van der Waals surface area (Å²) in [5.74, 6) is 2.11. The van der Waals surface area contributed by atoms with Crippen LogP contribution in [0.4, 0.5) is 0 Å². The van der Waals surface area contributed by atoms with E-state index in [2.05, 4.69) is 19.9 Å². The third kappa shape index (κ3) is 2.39. The maximum Gasteiger partial charge on any atom is 0.126 e. The molecule has 4 atom stereocenters. The molecule has 1 N–H and O–H groups in total. The summed E-state index contributed by atoms with van der Waals surface area (Å²) in [5.41, 5.74) is 2.62. The number of carbonyl (C=O) groups excluding carboxylic acids is 1. The highest BCUT2D eigenvalue weighted by atomic mass is 16.3. The summed E-state index contributed by atoms with van der Waals surface area (Å²) in [6.07, 6.45) is 7.86. The van der Waals surface area contributed by atoms with Crippen molar-refractivity contribution < 1.29 is 9.90 Å². The Morgan fingerprint density at radius 2 is 2.19 bits per heavy atom. The van der Waals surface area contributed by atoms with Crippen LogP contribution in [0.25, 0.3) is 0 Å². The van der Waals surface area contributed by atoms with Crippen LogP contribution in [-0.2, 0) is 11.2 Å². The quantitative estimate of drug-likeness (QED) is 0.833. The lowest BCUT2D eigenvalue weighted by atomic mass is 9.54. The summed E-state index contributed by atoms with van der Waals surface area (Å²) < 4.78 is 0. The van der Waals surface area contributed by atoms with Gasteiger partial charge in [-0.15, -0.1) is 0 Å². The number of hydrogen-bond donors (Lipinski definition) is 1. The van der Waals surface area contributed by atoms with Crippen LogP contribution in [0.15, 0.2) is 18.2 Å². The number of fused-ring (bicyclic) bond motifs is 3. The Balaban J connectivity index is 1.96. The van der Waals surface area contributed by atoms with Gasteiger partial charge in [-0.2, -0.15) is 0 Å². The average molecular weight is 286 g/mol. The highest BCUT2D eigenvalue weighted by Gasteiger charge is 2.47. The molecular formula is C19H26O2. The van der Waals surface area contributed by atoms with Gasteiger partial charge in [0.25, 0.3) is 0 Å². The first-order chi connectivity index (χ1) is 10.1. The van der Waals surface area contributed by atoms with Gasteiger partial charge < -0.3 is 9.90 Å². The van der Waals surface area contributed by atoms with Gasteiger partial charge in [0.2, 0.25) is 0 Å². The molecule has 0 amide bonds. The molecule has 114 valence electrons. The van der Waals surface area contributed by atoms with Gasteiger partial charge in [-0.1, -0.05) is 26.3 Å². The van der Waals surface area contributed by atoms with Crippen LogP contribution >= 0.6 is 0 Å². The summed E-state index contributed by atoms with van der Waals surface area (Å²) in [7, 11) is 0. The minimum Gasteiger partial charge on any atom is -0.508 e. The smallest absolute Gasteiger partial charge is 0.126 e. The second-order valence-corrected chi connectivity index (χ2v) is 7.25. The maximum absolute atomic E-state index is 11.7. The van der Waals surface area contributed by atoms with E-state index in [0.717, 1.165) is 38.5 Å². The fourth-order valence-electron chi connectivity index (χ4n) is 4.92. The Bertz CT molecular complexity index is 536. The first-order valence-electron chi connectivity index (χ1n) is 8.37. The first kappa shape index (κ1) is 14.6. The zero-order valence-electron chi connectivity index (χ0n) is 13.1. The molecule has 2 heteroatoms. The highest BCUT2D eigenvalue weighted by molar-refractivity contribution is 5.60. The van der Waals surface area contributed by atoms with Gasteiger partial charge in [-0.05, 0) is 73.1 Å². The first-order valence-corrected chi connectivity index (χ1v) is 8.37. The van der Waals surface area contributed by atoms with E-state index in [0.29, 0.717) is 23.5 Å². The van der Waals surface area contributed by atoms with Gasteiger partial charge in [-0.3, -0.25) is 0 Å². The minimum absolute atomic E-state index is 0.133. The number of aromatic hydroxyl groups is 1. The van der Waals surface area contributed by atoms with Crippen LogP contribution < -0.4 is 0 Å². The molecule has 0 spiro atoms. The van der Waals surface area contributed by atoms with Crippen molar-refractivity contribution in [2.24, 2.45) is 17.3 Å². The number of phenols is 1. The van der Waals surface area contributed by atoms with Crippen molar-refractivity contribution in [1.29, 1.82) is 0 Å². The number of rotatable bonds is 3. The Hall–Kier alpha value is -1.31. The zero-order valence-corrected chi connectivity index (χ0v) is 13.1. The average Bonchev–Trinajstić information content (AvgIpc) is 2.49. The summed E-state index contributed by atoms with van der Waals surface area (Å²) in [6, 6.07) is 5.88. The molecule has 0 aliphatic heterocycles. The lowest BCUT2D eigenvalue weighted by Crippen LogP contribution is -2.43. The van der Waals surface area contributed by atoms with Crippen molar-refractivity contribution in [2.45, 2.75) is 58.3 Å². The predicted molar refractivity (Wildman–Crippen MR) is 84.5 cm³/mol. The number of carbonyl (C=O) groups is 1. The van der Waals surface area contributed by atoms with Crippen LogP contribution in [0.3, 0.4) is 0 Å². The van der Waals surface area contributed by atoms with Gasteiger partial charge >= 0.3 is 0 Å². The molecule has 0 bridgehead atoms. The van der Waals surface area contributed by atoms with Gasteiger partial charge in [0.15, 0.2) is 0 Å². The summed E-state index contributed by atoms with van der Waals surface area (Å²) in [4.78, 5) is 11.7. The molecular weight excluding hydrogens is 260 g/mol. The van der Waals surface area contributed by atoms with Crippen LogP contribution in [0.1, 0.15) is 63.0 Å². The number of aldehydes is 1. The third-order valence-corrected chi connectivity index (χ3v) is 6.02.